The third kappa shape index (κ3) is 4.75. The lowest BCUT2D eigenvalue weighted by atomic mass is 10.2. The Morgan fingerprint density at radius 3 is 2.45 bits per heavy atom. The molecule has 3 rings (SSSR count). The van der Waals surface area contributed by atoms with Crippen molar-refractivity contribution in [1.29, 1.82) is 0 Å². The van der Waals surface area contributed by atoms with Gasteiger partial charge in [0.15, 0.2) is 17.3 Å². The van der Waals surface area contributed by atoms with Crippen molar-refractivity contribution in [3.8, 4) is 22.1 Å². The van der Waals surface area contributed by atoms with Crippen molar-refractivity contribution in [3.63, 3.8) is 0 Å². The summed E-state index contributed by atoms with van der Waals surface area (Å²) < 4.78 is 15.6. The summed E-state index contributed by atoms with van der Waals surface area (Å²) in [6, 6.07) is 8.70. The molecule has 2 aromatic heterocycles. The highest BCUT2D eigenvalue weighted by Crippen LogP contribution is 2.34. The zero-order valence-electron chi connectivity index (χ0n) is 16.3. The van der Waals surface area contributed by atoms with Gasteiger partial charge in [0.2, 0.25) is 0 Å². The van der Waals surface area contributed by atoms with Gasteiger partial charge in [-0.2, -0.15) is 0 Å². The SMILES string of the molecule is COc1ccc(-c2nc(C)c(C(=O)NCCNC(=O)c3ccco3)s2)cc1OC. The smallest absolute Gasteiger partial charge is 0.287 e. The Balaban J connectivity index is 1.61. The average molecular weight is 415 g/mol. The summed E-state index contributed by atoms with van der Waals surface area (Å²) in [5.74, 6) is 0.886. The molecule has 0 bridgehead atoms. The van der Waals surface area contributed by atoms with E-state index in [0.717, 1.165) is 5.56 Å². The minimum Gasteiger partial charge on any atom is -0.493 e. The van der Waals surface area contributed by atoms with E-state index in [-0.39, 0.29) is 30.7 Å². The summed E-state index contributed by atoms with van der Waals surface area (Å²) >= 11 is 1.29. The summed E-state index contributed by atoms with van der Waals surface area (Å²) in [7, 11) is 3.14. The van der Waals surface area contributed by atoms with E-state index in [2.05, 4.69) is 15.6 Å². The molecule has 0 aliphatic heterocycles. The number of hydrogen-bond donors (Lipinski definition) is 2. The molecule has 9 heteroatoms. The van der Waals surface area contributed by atoms with Crippen molar-refractivity contribution in [3.05, 3.63) is 52.9 Å². The van der Waals surface area contributed by atoms with E-state index in [9.17, 15) is 9.59 Å². The van der Waals surface area contributed by atoms with Crippen LogP contribution in [0, 0.1) is 6.92 Å². The van der Waals surface area contributed by atoms with Crippen molar-refractivity contribution in [2.45, 2.75) is 6.92 Å². The first-order chi connectivity index (χ1) is 14.0. The Kier molecular flexibility index (Phi) is 6.50. The fourth-order valence-electron chi connectivity index (χ4n) is 2.63. The maximum atomic E-state index is 12.5. The molecule has 1 aromatic carbocycles. The molecular weight excluding hydrogens is 394 g/mol. The molecule has 8 nitrogen and oxygen atoms in total. The first kappa shape index (κ1) is 20.4. The maximum absolute atomic E-state index is 12.5. The Morgan fingerprint density at radius 1 is 1.07 bits per heavy atom. The fraction of sp³-hybridized carbons (Fsp3) is 0.250. The first-order valence-electron chi connectivity index (χ1n) is 8.83. The molecule has 152 valence electrons. The monoisotopic (exact) mass is 415 g/mol. The highest BCUT2D eigenvalue weighted by Gasteiger charge is 2.17. The molecule has 0 fully saturated rings. The number of ether oxygens (including phenoxy) is 2. The fourth-order valence-corrected chi connectivity index (χ4v) is 3.61. The summed E-state index contributed by atoms with van der Waals surface area (Å²) in [4.78, 5) is 29.3. The number of amides is 2. The van der Waals surface area contributed by atoms with E-state index in [1.54, 1.807) is 39.3 Å². The van der Waals surface area contributed by atoms with Gasteiger partial charge in [-0.1, -0.05) is 0 Å². The van der Waals surface area contributed by atoms with Crippen LogP contribution in [-0.4, -0.2) is 44.1 Å². The van der Waals surface area contributed by atoms with Crippen LogP contribution >= 0.6 is 11.3 Å². The normalized spacial score (nSPS) is 10.4. The zero-order chi connectivity index (χ0) is 20.8. The number of methoxy groups -OCH3 is 2. The quantitative estimate of drug-likeness (QED) is 0.549. The molecule has 0 spiro atoms. The largest absolute Gasteiger partial charge is 0.493 e. The second-order valence-corrected chi connectivity index (χ2v) is 6.99. The van der Waals surface area contributed by atoms with Gasteiger partial charge in [-0.05, 0) is 37.3 Å². The minimum atomic E-state index is -0.325. The standard InChI is InChI=1S/C20H21N3O5S/c1-12-17(19(25)22-9-8-21-18(24)15-5-4-10-28-15)29-20(23-12)13-6-7-14(26-2)16(11-13)27-3/h4-7,10-11H,8-9H2,1-3H3,(H,21,24)(H,22,25). The molecule has 0 saturated heterocycles. The molecule has 3 aromatic rings. The van der Waals surface area contributed by atoms with E-state index in [0.29, 0.717) is 27.1 Å². The minimum absolute atomic E-state index is 0.231. The van der Waals surface area contributed by atoms with E-state index >= 15 is 0 Å². The van der Waals surface area contributed by atoms with E-state index in [1.807, 2.05) is 12.1 Å². The molecule has 0 atom stereocenters. The third-order valence-corrected chi connectivity index (χ3v) is 5.28. The Labute approximate surface area is 171 Å². The molecule has 2 amide bonds. The van der Waals surface area contributed by atoms with E-state index in [4.69, 9.17) is 13.9 Å². The second-order valence-electron chi connectivity index (χ2n) is 5.99. The van der Waals surface area contributed by atoms with Crippen LogP contribution in [0.15, 0.2) is 41.0 Å². The van der Waals surface area contributed by atoms with Crippen LogP contribution in [0.1, 0.15) is 25.9 Å². The van der Waals surface area contributed by atoms with Crippen molar-refractivity contribution in [1.82, 2.24) is 15.6 Å². The van der Waals surface area contributed by atoms with E-state index in [1.165, 1.54) is 17.6 Å². The number of nitrogens with one attached hydrogen (secondary N) is 2. The number of aryl methyl sites for hydroxylation is 1. The van der Waals surface area contributed by atoms with Gasteiger partial charge in [0.1, 0.15) is 9.88 Å². The molecular formula is C20H21N3O5S. The van der Waals surface area contributed by atoms with Gasteiger partial charge in [-0.15, -0.1) is 11.3 Å². The summed E-state index contributed by atoms with van der Waals surface area (Å²) in [6.45, 7) is 2.36. The van der Waals surface area contributed by atoms with Gasteiger partial charge in [0.05, 0.1) is 26.2 Å². The van der Waals surface area contributed by atoms with Crippen LogP contribution < -0.4 is 20.1 Å². The molecule has 0 saturated carbocycles. The predicted octanol–water partition coefficient (Wildman–Crippen LogP) is 2.89. The summed E-state index contributed by atoms with van der Waals surface area (Å²) in [6.07, 6.45) is 1.43. The van der Waals surface area contributed by atoms with Crippen LogP contribution in [-0.2, 0) is 0 Å². The van der Waals surface area contributed by atoms with Crippen LogP contribution in [0.4, 0.5) is 0 Å². The lowest BCUT2D eigenvalue weighted by Crippen LogP contribution is -2.34. The van der Waals surface area contributed by atoms with Crippen LogP contribution in [0.2, 0.25) is 0 Å². The number of nitrogens with zero attached hydrogens (tertiary/aromatic N) is 1. The highest BCUT2D eigenvalue weighted by molar-refractivity contribution is 7.17. The van der Waals surface area contributed by atoms with Gasteiger partial charge in [0.25, 0.3) is 11.8 Å². The molecule has 0 aliphatic carbocycles. The van der Waals surface area contributed by atoms with E-state index < -0.39 is 0 Å². The second kappa shape index (κ2) is 9.24. The molecule has 2 N–H and O–H groups in total. The van der Waals surface area contributed by atoms with Crippen LogP contribution in [0.25, 0.3) is 10.6 Å². The van der Waals surface area contributed by atoms with Gasteiger partial charge in [-0.25, -0.2) is 4.98 Å². The number of furan rings is 1. The number of carbonyl (C=O) groups excluding carboxylic acids is 2. The lowest BCUT2D eigenvalue weighted by Gasteiger charge is -2.08. The number of thiazole rings is 1. The van der Waals surface area contributed by atoms with Gasteiger partial charge < -0.3 is 24.5 Å². The van der Waals surface area contributed by atoms with Crippen molar-refractivity contribution in [2.75, 3.05) is 27.3 Å². The van der Waals surface area contributed by atoms with Gasteiger partial charge in [-0.3, -0.25) is 9.59 Å². The van der Waals surface area contributed by atoms with Crippen molar-refractivity contribution < 1.29 is 23.5 Å². The Bertz CT molecular complexity index is 998. The average Bonchev–Trinajstić information content (AvgIpc) is 3.40. The molecule has 0 unspecified atom stereocenters. The van der Waals surface area contributed by atoms with Crippen molar-refractivity contribution in [2.24, 2.45) is 0 Å². The summed E-state index contributed by atoms with van der Waals surface area (Å²) in [5.41, 5.74) is 1.47. The van der Waals surface area contributed by atoms with Gasteiger partial charge >= 0.3 is 0 Å². The van der Waals surface area contributed by atoms with Crippen LogP contribution in [0.5, 0.6) is 11.5 Å². The third-order valence-electron chi connectivity index (χ3n) is 4.07. The highest BCUT2D eigenvalue weighted by atomic mass is 32.1. The number of aromatic nitrogens is 1. The zero-order valence-corrected chi connectivity index (χ0v) is 17.1. The number of hydrogen-bond acceptors (Lipinski definition) is 7. The molecule has 29 heavy (non-hydrogen) atoms. The maximum Gasteiger partial charge on any atom is 0.287 e. The molecule has 0 aliphatic rings. The predicted molar refractivity (Wildman–Crippen MR) is 109 cm³/mol. The Hall–Kier alpha value is -3.33. The van der Waals surface area contributed by atoms with Crippen LogP contribution in [0.3, 0.4) is 0 Å². The molecule has 2 heterocycles. The van der Waals surface area contributed by atoms with Gasteiger partial charge in [0, 0.05) is 18.7 Å². The lowest BCUT2D eigenvalue weighted by molar-refractivity contribution is 0.0911. The Morgan fingerprint density at radius 2 is 1.79 bits per heavy atom. The topological polar surface area (TPSA) is 103 Å². The van der Waals surface area contributed by atoms with Crippen molar-refractivity contribution >= 4 is 23.2 Å². The number of rotatable bonds is 8. The number of carbonyl (C=O) groups is 2. The summed E-state index contributed by atoms with van der Waals surface area (Å²) in [5, 5.41) is 6.17. The number of benzene rings is 1. The molecule has 0 radical (unpaired) electrons. The first-order valence-corrected chi connectivity index (χ1v) is 9.65.